The van der Waals surface area contributed by atoms with Gasteiger partial charge in [0.15, 0.2) is 0 Å². The van der Waals surface area contributed by atoms with Gasteiger partial charge in [0.1, 0.15) is 0 Å². The van der Waals surface area contributed by atoms with Crippen LogP contribution in [0, 0.1) is 5.92 Å². The Morgan fingerprint density at radius 1 is 1.17 bits per heavy atom. The highest BCUT2D eigenvalue weighted by atomic mass is 16.7. The molecule has 1 atom stereocenters. The Bertz CT molecular complexity index is 314. The zero-order valence-corrected chi connectivity index (χ0v) is 11.8. The highest BCUT2D eigenvalue weighted by Crippen LogP contribution is 2.06. The number of nitrogens with two attached hydrogens (primary N) is 1. The number of hydrogen-bond acceptors (Lipinski definition) is 3. The van der Waals surface area contributed by atoms with E-state index >= 15 is 0 Å². The van der Waals surface area contributed by atoms with Crippen molar-refractivity contribution in [2.45, 2.75) is 32.7 Å². The normalized spacial score (nSPS) is 13.2. The van der Waals surface area contributed by atoms with Crippen LogP contribution in [0.1, 0.15) is 25.8 Å². The predicted octanol–water partition coefficient (Wildman–Crippen LogP) is 2.47. The van der Waals surface area contributed by atoms with E-state index in [9.17, 15) is 0 Å². The van der Waals surface area contributed by atoms with E-state index in [1.54, 1.807) is 7.11 Å². The lowest BCUT2D eigenvalue weighted by Gasteiger charge is -2.24. The fraction of sp³-hybridized carbons (Fsp3) is 0.600. The van der Waals surface area contributed by atoms with Gasteiger partial charge in [0.05, 0.1) is 7.11 Å². The van der Waals surface area contributed by atoms with Crippen molar-refractivity contribution in [2.24, 2.45) is 11.7 Å². The first kappa shape index (κ1) is 15.2. The Labute approximate surface area is 111 Å². The summed E-state index contributed by atoms with van der Waals surface area (Å²) in [7, 11) is 1.71. The maximum atomic E-state index is 6.15. The van der Waals surface area contributed by atoms with Gasteiger partial charge in [-0.2, -0.15) is 5.06 Å². The molecule has 1 aromatic rings. The number of rotatable bonds is 8. The first-order chi connectivity index (χ1) is 8.61. The van der Waals surface area contributed by atoms with Crippen molar-refractivity contribution in [3.05, 3.63) is 35.9 Å². The standard InChI is InChI=1S/C15H26N2O/c1-13(2)11-17(18-3)12-15(16)10-9-14-7-5-4-6-8-14/h4-8,13,15H,9-12,16H2,1-3H3. The molecule has 0 aliphatic rings. The number of hydrogen-bond donors (Lipinski definition) is 1. The van der Waals surface area contributed by atoms with Crippen LogP contribution >= 0.6 is 0 Å². The van der Waals surface area contributed by atoms with E-state index in [1.807, 2.05) is 11.1 Å². The second kappa shape index (κ2) is 8.25. The van der Waals surface area contributed by atoms with Crippen molar-refractivity contribution < 1.29 is 4.84 Å². The van der Waals surface area contributed by atoms with Crippen LogP contribution in [-0.2, 0) is 11.3 Å². The van der Waals surface area contributed by atoms with Gasteiger partial charge in [-0.15, -0.1) is 0 Å². The fourth-order valence-corrected chi connectivity index (χ4v) is 1.98. The minimum atomic E-state index is 0.156. The molecule has 1 aromatic carbocycles. The second-order valence-corrected chi connectivity index (χ2v) is 5.21. The molecule has 1 rings (SSSR count). The summed E-state index contributed by atoms with van der Waals surface area (Å²) in [5.41, 5.74) is 7.50. The zero-order chi connectivity index (χ0) is 13.4. The third-order valence-corrected chi connectivity index (χ3v) is 2.91. The molecule has 0 saturated heterocycles. The summed E-state index contributed by atoms with van der Waals surface area (Å²) < 4.78 is 0. The molecule has 0 saturated carbocycles. The average Bonchev–Trinajstić information content (AvgIpc) is 2.36. The Balaban J connectivity index is 2.30. The summed E-state index contributed by atoms with van der Waals surface area (Å²) in [6.07, 6.45) is 2.02. The third-order valence-electron chi connectivity index (χ3n) is 2.91. The van der Waals surface area contributed by atoms with Gasteiger partial charge in [0.2, 0.25) is 0 Å². The summed E-state index contributed by atoms with van der Waals surface area (Å²) in [5, 5.41) is 1.96. The second-order valence-electron chi connectivity index (χ2n) is 5.21. The quantitative estimate of drug-likeness (QED) is 0.720. The largest absolute Gasteiger partial charge is 0.326 e. The van der Waals surface area contributed by atoms with E-state index in [-0.39, 0.29) is 6.04 Å². The lowest BCUT2D eigenvalue weighted by molar-refractivity contribution is -0.140. The fourth-order valence-electron chi connectivity index (χ4n) is 1.98. The third kappa shape index (κ3) is 6.15. The SMILES string of the molecule is CON(CC(C)C)CC(N)CCc1ccccc1. The van der Waals surface area contributed by atoms with Gasteiger partial charge in [0, 0.05) is 19.1 Å². The van der Waals surface area contributed by atoms with Gasteiger partial charge >= 0.3 is 0 Å². The van der Waals surface area contributed by atoms with Gasteiger partial charge < -0.3 is 10.6 Å². The van der Waals surface area contributed by atoms with Crippen LogP contribution in [0.15, 0.2) is 30.3 Å². The molecule has 102 valence electrons. The molecule has 0 fully saturated rings. The van der Waals surface area contributed by atoms with Crippen molar-refractivity contribution in [2.75, 3.05) is 20.2 Å². The maximum absolute atomic E-state index is 6.15. The van der Waals surface area contributed by atoms with Gasteiger partial charge in [0.25, 0.3) is 0 Å². The van der Waals surface area contributed by atoms with Crippen LogP contribution in [0.5, 0.6) is 0 Å². The van der Waals surface area contributed by atoms with E-state index in [0.717, 1.165) is 25.9 Å². The molecule has 0 amide bonds. The van der Waals surface area contributed by atoms with Crippen LogP contribution in [0.3, 0.4) is 0 Å². The molecule has 0 aliphatic carbocycles. The van der Waals surface area contributed by atoms with E-state index in [1.165, 1.54) is 5.56 Å². The summed E-state index contributed by atoms with van der Waals surface area (Å²) >= 11 is 0. The zero-order valence-electron chi connectivity index (χ0n) is 11.8. The first-order valence-corrected chi connectivity index (χ1v) is 6.70. The number of hydroxylamine groups is 2. The van der Waals surface area contributed by atoms with Crippen LogP contribution in [0.4, 0.5) is 0 Å². The molecule has 0 spiro atoms. The van der Waals surface area contributed by atoms with Crippen molar-refractivity contribution in [3.8, 4) is 0 Å². The lowest BCUT2D eigenvalue weighted by Crippen LogP contribution is -2.39. The van der Waals surface area contributed by atoms with Crippen molar-refractivity contribution in [1.29, 1.82) is 0 Å². The summed E-state index contributed by atoms with van der Waals surface area (Å²) in [5.74, 6) is 0.589. The maximum Gasteiger partial charge on any atom is 0.0575 e. The Kier molecular flexibility index (Phi) is 6.94. The van der Waals surface area contributed by atoms with E-state index in [2.05, 4.69) is 38.1 Å². The number of aryl methyl sites for hydroxylation is 1. The molecular weight excluding hydrogens is 224 g/mol. The molecule has 0 aromatic heterocycles. The van der Waals surface area contributed by atoms with Crippen molar-refractivity contribution >= 4 is 0 Å². The monoisotopic (exact) mass is 250 g/mol. The molecular formula is C15H26N2O. The average molecular weight is 250 g/mol. The molecule has 0 bridgehead atoms. The highest BCUT2D eigenvalue weighted by molar-refractivity contribution is 5.14. The molecule has 1 unspecified atom stereocenters. The number of nitrogens with zero attached hydrogens (tertiary/aromatic N) is 1. The lowest BCUT2D eigenvalue weighted by atomic mass is 10.1. The van der Waals surface area contributed by atoms with Gasteiger partial charge in [-0.25, -0.2) is 0 Å². The van der Waals surface area contributed by atoms with Crippen molar-refractivity contribution in [1.82, 2.24) is 5.06 Å². The van der Waals surface area contributed by atoms with Gasteiger partial charge in [-0.3, -0.25) is 0 Å². The van der Waals surface area contributed by atoms with Crippen molar-refractivity contribution in [3.63, 3.8) is 0 Å². The van der Waals surface area contributed by atoms with E-state index < -0.39 is 0 Å². The van der Waals surface area contributed by atoms with E-state index in [4.69, 9.17) is 10.6 Å². The Morgan fingerprint density at radius 2 is 1.83 bits per heavy atom. The summed E-state index contributed by atoms with van der Waals surface area (Å²) in [6.45, 7) is 6.08. The topological polar surface area (TPSA) is 38.5 Å². The molecule has 0 heterocycles. The predicted molar refractivity (Wildman–Crippen MR) is 76.2 cm³/mol. The molecule has 3 heteroatoms. The summed E-state index contributed by atoms with van der Waals surface area (Å²) in [6, 6.07) is 10.6. The molecule has 3 nitrogen and oxygen atoms in total. The molecule has 18 heavy (non-hydrogen) atoms. The Morgan fingerprint density at radius 3 is 2.39 bits per heavy atom. The van der Waals surface area contributed by atoms with Crippen LogP contribution in [-0.4, -0.2) is 31.3 Å². The highest BCUT2D eigenvalue weighted by Gasteiger charge is 2.11. The van der Waals surface area contributed by atoms with Crippen LogP contribution in [0.2, 0.25) is 0 Å². The smallest absolute Gasteiger partial charge is 0.0575 e. The molecule has 0 aliphatic heterocycles. The van der Waals surface area contributed by atoms with Crippen LogP contribution in [0.25, 0.3) is 0 Å². The van der Waals surface area contributed by atoms with Gasteiger partial charge in [-0.1, -0.05) is 44.2 Å². The minimum Gasteiger partial charge on any atom is -0.326 e. The van der Waals surface area contributed by atoms with Crippen LogP contribution < -0.4 is 5.73 Å². The van der Waals surface area contributed by atoms with Gasteiger partial charge in [-0.05, 0) is 24.3 Å². The number of benzene rings is 1. The molecule has 0 radical (unpaired) electrons. The Hall–Kier alpha value is -0.900. The minimum absolute atomic E-state index is 0.156. The summed E-state index contributed by atoms with van der Waals surface area (Å²) in [4.78, 5) is 5.34. The molecule has 2 N–H and O–H groups in total. The first-order valence-electron chi connectivity index (χ1n) is 6.70. The van der Waals surface area contributed by atoms with E-state index in [0.29, 0.717) is 5.92 Å².